The minimum Gasteiger partial charge on any atom is -0.395 e. The smallest absolute Gasteiger partial charge is 0.271 e. The van der Waals surface area contributed by atoms with Crippen molar-refractivity contribution in [3.8, 4) is 0 Å². The van der Waals surface area contributed by atoms with E-state index in [1.54, 1.807) is 0 Å². The third kappa shape index (κ3) is 11.8. The maximum atomic E-state index is 11.0. The van der Waals surface area contributed by atoms with Gasteiger partial charge in [0.25, 0.3) is 20.2 Å². The van der Waals surface area contributed by atoms with Crippen molar-refractivity contribution in [1.29, 1.82) is 0 Å². The van der Waals surface area contributed by atoms with Gasteiger partial charge >= 0.3 is 0 Å². The van der Waals surface area contributed by atoms with Crippen molar-refractivity contribution in [2.45, 2.75) is 18.3 Å². The van der Waals surface area contributed by atoms with Gasteiger partial charge in [-0.05, 0) is 6.92 Å². The number of hydrogen-bond donors (Lipinski definition) is 5. The summed E-state index contributed by atoms with van der Waals surface area (Å²) in [7, 11) is -8.02. The molecule has 0 amide bonds. The summed E-state index contributed by atoms with van der Waals surface area (Å²) < 4.78 is 60.6. The molecule has 0 aromatic heterocycles. The van der Waals surface area contributed by atoms with Gasteiger partial charge in [0.2, 0.25) is 0 Å². The van der Waals surface area contributed by atoms with Gasteiger partial charge < -0.3 is 15.5 Å². The van der Waals surface area contributed by atoms with E-state index in [1.807, 2.05) is 9.80 Å². The summed E-state index contributed by atoms with van der Waals surface area (Å²) in [6.45, 7) is 9.10. The molecule has 12 nitrogen and oxygen atoms in total. The van der Waals surface area contributed by atoms with E-state index in [0.717, 1.165) is 52.4 Å². The molecule has 2 heterocycles. The fourth-order valence-electron chi connectivity index (χ4n) is 3.27. The maximum Gasteiger partial charge on any atom is 0.271 e. The molecular weight excluding hydrogens is 440 g/mol. The second-order valence-corrected chi connectivity index (χ2v) is 10.7. The van der Waals surface area contributed by atoms with Crippen LogP contribution in [0.25, 0.3) is 0 Å². The average Bonchev–Trinajstić information content (AvgIpc) is 2.65. The van der Waals surface area contributed by atoms with Crippen molar-refractivity contribution < 1.29 is 36.2 Å². The standard InChI is InChI=1S/2C8H18N2O4S/c1-7(11)8(15(12,13)14)6-10-4-2-9-3-5-10;11-7-5-9-1-3-10(4-2-9)6-8-15(12,13)14/h7-9,11H,2-6H2,1H3,(H,12,13,14);11H,1-8H2,(H,12,13,14). The number of aliphatic hydroxyl groups excluding tert-OH is 2. The Labute approximate surface area is 179 Å². The normalized spacial score (nSPS) is 22.2. The Morgan fingerprint density at radius 1 is 0.867 bits per heavy atom. The minimum atomic E-state index is -4.18. The Morgan fingerprint density at radius 2 is 1.37 bits per heavy atom. The molecule has 2 atom stereocenters. The molecule has 2 aliphatic heterocycles. The number of aliphatic hydroxyl groups is 2. The summed E-state index contributed by atoms with van der Waals surface area (Å²) in [4.78, 5) is 6.05. The van der Waals surface area contributed by atoms with Gasteiger partial charge in [0.15, 0.2) is 0 Å². The minimum absolute atomic E-state index is 0.158. The van der Waals surface area contributed by atoms with Crippen LogP contribution in [0.2, 0.25) is 0 Å². The Hall–Kier alpha value is -0.420. The zero-order chi connectivity index (χ0) is 22.8. The van der Waals surface area contributed by atoms with Crippen molar-refractivity contribution >= 4 is 20.2 Å². The molecule has 0 spiro atoms. The number of β-amino-alcohol motifs (C(OH)–C–C–N with tert-alkyl or cyclic N) is 1. The summed E-state index contributed by atoms with van der Waals surface area (Å²) >= 11 is 0. The van der Waals surface area contributed by atoms with Crippen molar-refractivity contribution in [2.24, 2.45) is 0 Å². The molecule has 5 N–H and O–H groups in total. The fourth-order valence-corrected chi connectivity index (χ4v) is 4.65. The van der Waals surface area contributed by atoms with E-state index in [1.165, 1.54) is 6.92 Å². The third-order valence-corrected chi connectivity index (χ3v) is 7.12. The quantitative estimate of drug-likeness (QED) is 0.214. The zero-order valence-corrected chi connectivity index (χ0v) is 19.1. The summed E-state index contributed by atoms with van der Waals surface area (Å²) in [6, 6.07) is 0. The lowest BCUT2D eigenvalue weighted by Crippen LogP contribution is -2.50. The van der Waals surface area contributed by atoms with Crippen LogP contribution in [-0.2, 0) is 20.2 Å². The van der Waals surface area contributed by atoms with Crippen LogP contribution in [0.5, 0.6) is 0 Å². The molecule has 180 valence electrons. The van der Waals surface area contributed by atoms with Crippen LogP contribution >= 0.6 is 0 Å². The summed E-state index contributed by atoms with van der Waals surface area (Å²) in [5.41, 5.74) is 0. The number of nitrogens with zero attached hydrogens (tertiary/aromatic N) is 3. The molecule has 2 rings (SSSR count). The number of rotatable bonds is 9. The molecule has 0 aliphatic carbocycles. The van der Waals surface area contributed by atoms with Crippen molar-refractivity contribution in [3.63, 3.8) is 0 Å². The maximum absolute atomic E-state index is 11.0. The van der Waals surface area contributed by atoms with Gasteiger partial charge in [-0.2, -0.15) is 16.8 Å². The molecule has 2 fully saturated rings. The molecule has 2 saturated heterocycles. The monoisotopic (exact) mass is 476 g/mol. The Kier molecular flexibility index (Phi) is 12.2. The lowest BCUT2D eigenvalue weighted by atomic mass is 10.2. The molecule has 2 aliphatic rings. The number of piperazine rings is 2. The van der Waals surface area contributed by atoms with E-state index in [0.29, 0.717) is 13.1 Å². The molecular formula is C16H36N4O8S2. The Bertz CT molecular complexity index is 675. The van der Waals surface area contributed by atoms with E-state index in [2.05, 4.69) is 10.2 Å². The first-order valence-electron chi connectivity index (χ1n) is 10.0. The molecule has 0 radical (unpaired) electrons. The molecule has 30 heavy (non-hydrogen) atoms. The zero-order valence-electron chi connectivity index (χ0n) is 17.4. The SMILES string of the molecule is CC(O)C(CN1CCNCC1)S(=O)(=O)O.O=S(=O)(O)CCN1CCN(CCO)CC1. The highest BCUT2D eigenvalue weighted by Gasteiger charge is 2.30. The predicted molar refractivity (Wildman–Crippen MR) is 113 cm³/mol. The van der Waals surface area contributed by atoms with Crippen LogP contribution in [0.15, 0.2) is 0 Å². The Morgan fingerprint density at radius 3 is 1.77 bits per heavy atom. The summed E-state index contributed by atoms with van der Waals surface area (Å²) in [5.74, 6) is -0.201. The van der Waals surface area contributed by atoms with Gasteiger partial charge in [0.1, 0.15) is 5.25 Å². The third-order valence-electron chi connectivity index (χ3n) is 5.12. The van der Waals surface area contributed by atoms with E-state index in [4.69, 9.17) is 14.2 Å². The van der Waals surface area contributed by atoms with E-state index in [-0.39, 0.29) is 18.9 Å². The first kappa shape index (κ1) is 27.6. The molecule has 0 aromatic carbocycles. The summed E-state index contributed by atoms with van der Waals surface area (Å²) in [6.07, 6.45) is -1.06. The average molecular weight is 477 g/mol. The molecule has 0 bridgehead atoms. The highest BCUT2D eigenvalue weighted by molar-refractivity contribution is 7.86. The second kappa shape index (κ2) is 13.2. The van der Waals surface area contributed by atoms with Crippen molar-refractivity contribution in [1.82, 2.24) is 20.0 Å². The van der Waals surface area contributed by atoms with Crippen molar-refractivity contribution in [3.05, 3.63) is 0 Å². The summed E-state index contributed by atoms with van der Waals surface area (Å²) in [5, 5.41) is 20.0. The van der Waals surface area contributed by atoms with Crippen LogP contribution in [0.4, 0.5) is 0 Å². The van der Waals surface area contributed by atoms with Crippen LogP contribution in [0, 0.1) is 0 Å². The second-order valence-electron chi connectivity index (χ2n) is 7.54. The van der Waals surface area contributed by atoms with Crippen LogP contribution in [0.1, 0.15) is 6.92 Å². The van der Waals surface area contributed by atoms with E-state index in [9.17, 15) is 21.9 Å². The highest BCUT2D eigenvalue weighted by Crippen LogP contribution is 2.08. The van der Waals surface area contributed by atoms with Gasteiger partial charge in [-0.15, -0.1) is 0 Å². The van der Waals surface area contributed by atoms with Crippen molar-refractivity contribution in [2.75, 3.05) is 84.4 Å². The molecule has 0 aromatic rings. The largest absolute Gasteiger partial charge is 0.395 e. The number of hydrogen-bond acceptors (Lipinski definition) is 10. The first-order chi connectivity index (χ1) is 13.9. The van der Waals surface area contributed by atoms with Crippen LogP contribution < -0.4 is 5.32 Å². The van der Waals surface area contributed by atoms with Gasteiger partial charge in [0, 0.05) is 72.0 Å². The topological polar surface area (TPSA) is 171 Å². The lowest BCUT2D eigenvalue weighted by Gasteiger charge is -2.33. The predicted octanol–water partition coefficient (Wildman–Crippen LogP) is -2.99. The number of nitrogens with one attached hydrogen (secondary N) is 1. The fraction of sp³-hybridized carbons (Fsp3) is 1.00. The van der Waals surface area contributed by atoms with Crippen LogP contribution in [-0.4, -0.2) is 147 Å². The van der Waals surface area contributed by atoms with Gasteiger partial charge in [-0.1, -0.05) is 0 Å². The van der Waals surface area contributed by atoms with Crippen LogP contribution in [0.3, 0.4) is 0 Å². The molecule has 0 saturated carbocycles. The highest BCUT2D eigenvalue weighted by atomic mass is 32.2. The first-order valence-corrected chi connectivity index (χ1v) is 13.1. The van der Waals surface area contributed by atoms with Gasteiger partial charge in [-0.25, -0.2) is 0 Å². The molecule has 2 unspecified atom stereocenters. The van der Waals surface area contributed by atoms with Gasteiger partial charge in [0.05, 0.1) is 18.5 Å². The van der Waals surface area contributed by atoms with E-state index >= 15 is 0 Å². The van der Waals surface area contributed by atoms with Gasteiger partial charge in [-0.3, -0.25) is 23.8 Å². The van der Waals surface area contributed by atoms with E-state index < -0.39 is 31.6 Å². The molecule has 14 heteroatoms. The lowest BCUT2D eigenvalue weighted by molar-refractivity contribution is 0.116. The Balaban J connectivity index is 0.000000300.